The van der Waals surface area contributed by atoms with E-state index in [-0.39, 0.29) is 19.1 Å². The lowest BCUT2D eigenvalue weighted by atomic mass is 9.98. The lowest BCUT2D eigenvalue weighted by molar-refractivity contribution is -0.146. The number of aliphatic carboxylic acids is 1. The van der Waals surface area contributed by atoms with Gasteiger partial charge in [-0.1, -0.05) is 48.5 Å². The quantitative estimate of drug-likeness (QED) is 0.909. The molecule has 0 aromatic heterocycles. The molecule has 2 aromatic carbocycles. The zero-order valence-electron chi connectivity index (χ0n) is 13.9. The van der Waals surface area contributed by atoms with Crippen molar-refractivity contribution in [3.8, 4) is 16.9 Å². The molecule has 3 rings (SSSR count). The van der Waals surface area contributed by atoms with Crippen LogP contribution in [0.15, 0.2) is 54.6 Å². The first-order valence-corrected chi connectivity index (χ1v) is 8.43. The molecule has 0 aliphatic carbocycles. The number of carbonyl (C=O) groups excluding carboxylic acids is 1. The maximum Gasteiger partial charge on any atom is 0.308 e. The van der Waals surface area contributed by atoms with Crippen LogP contribution in [0.4, 0.5) is 0 Å². The maximum absolute atomic E-state index is 12.4. The Morgan fingerprint density at radius 3 is 2.56 bits per heavy atom. The Balaban J connectivity index is 1.66. The number of para-hydroxylation sites is 1. The third-order valence-corrected chi connectivity index (χ3v) is 4.45. The number of likely N-dealkylation sites (tertiary alicyclic amines) is 1. The van der Waals surface area contributed by atoms with Crippen LogP contribution in [0, 0.1) is 5.92 Å². The molecule has 1 atom stereocenters. The molecular formula is C20H21NO4. The van der Waals surface area contributed by atoms with Crippen LogP contribution in [-0.2, 0) is 9.59 Å². The topological polar surface area (TPSA) is 66.8 Å². The van der Waals surface area contributed by atoms with E-state index in [1.807, 2.05) is 54.6 Å². The van der Waals surface area contributed by atoms with Gasteiger partial charge in [-0.15, -0.1) is 0 Å². The first-order valence-electron chi connectivity index (χ1n) is 8.43. The van der Waals surface area contributed by atoms with E-state index in [9.17, 15) is 9.59 Å². The highest BCUT2D eigenvalue weighted by molar-refractivity contribution is 5.80. The highest BCUT2D eigenvalue weighted by Crippen LogP contribution is 2.29. The van der Waals surface area contributed by atoms with Gasteiger partial charge in [0, 0.05) is 18.7 Å². The summed E-state index contributed by atoms with van der Waals surface area (Å²) >= 11 is 0. The third-order valence-electron chi connectivity index (χ3n) is 4.45. The van der Waals surface area contributed by atoms with Gasteiger partial charge in [-0.25, -0.2) is 0 Å². The minimum absolute atomic E-state index is 0.0871. The largest absolute Gasteiger partial charge is 0.483 e. The Bertz CT molecular complexity index is 744. The molecule has 1 N–H and O–H groups in total. The van der Waals surface area contributed by atoms with E-state index < -0.39 is 11.9 Å². The van der Waals surface area contributed by atoms with Crippen molar-refractivity contribution in [1.82, 2.24) is 4.90 Å². The number of ether oxygens (including phenoxy) is 1. The van der Waals surface area contributed by atoms with E-state index in [1.54, 1.807) is 4.90 Å². The molecule has 0 radical (unpaired) electrons. The molecule has 1 aliphatic rings. The number of hydrogen-bond donors (Lipinski definition) is 1. The van der Waals surface area contributed by atoms with Gasteiger partial charge in [-0.3, -0.25) is 9.59 Å². The van der Waals surface area contributed by atoms with Crippen LogP contribution in [0.25, 0.3) is 11.1 Å². The summed E-state index contributed by atoms with van der Waals surface area (Å²) in [4.78, 5) is 25.1. The van der Waals surface area contributed by atoms with Crippen molar-refractivity contribution < 1.29 is 19.4 Å². The number of hydrogen-bond acceptors (Lipinski definition) is 3. The maximum atomic E-state index is 12.4. The second kappa shape index (κ2) is 7.83. The van der Waals surface area contributed by atoms with E-state index in [4.69, 9.17) is 9.84 Å². The van der Waals surface area contributed by atoms with E-state index in [1.165, 1.54) is 0 Å². The summed E-state index contributed by atoms with van der Waals surface area (Å²) in [6.45, 7) is 0.764. The van der Waals surface area contributed by atoms with Gasteiger partial charge in [-0.05, 0) is 24.5 Å². The van der Waals surface area contributed by atoms with Gasteiger partial charge in [0.15, 0.2) is 6.61 Å². The number of carbonyl (C=O) groups is 2. The lowest BCUT2D eigenvalue weighted by Gasteiger charge is -2.30. The molecule has 1 saturated heterocycles. The monoisotopic (exact) mass is 339 g/mol. The van der Waals surface area contributed by atoms with E-state index >= 15 is 0 Å². The number of benzene rings is 2. The Labute approximate surface area is 146 Å². The summed E-state index contributed by atoms with van der Waals surface area (Å²) in [6.07, 6.45) is 1.33. The van der Waals surface area contributed by atoms with Crippen molar-refractivity contribution in [1.29, 1.82) is 0 Å². The number of rotatable bonds is 5. The third kappa shape index (κ3) is 4.18. The van der Waals surface area contributed by atoms with Crippen LogP contribution >= 0.6 is 0 Å². The number of amides is 1. The summed E-state index contributed by atoms with van der Waals surface area (Å²) < 4.78 is 5.76. The second-order valence-electron chi connectivity index (χ2n) is 6.17. The summed E-state index contributed by atoms with van der Waals surface area (Å²) in [5.41, 5.74) is 1.95. The van der Waals surface area contributed by atoms with Gasteiger partial charge in [0.25, 0.3) is 5.91 Å². The fourth-order valence-corrected chi connectivity index (χ4v) is 3.08. The zero-order valence-corrected chi connectivity index (χ0v) is 13.9. The molecular weight excluding hydrogens is 318 g/mol. The highest BCUT2D eigenvalue weighted by Gasteiger charge is 2.28. The smallest absolute Gasteiger partial charge is 0.308 e. The Morgan fingerprint density at radius 2 is 1.80 bits per heavy atom. The Hall–Kier alpha value is -2.82. The standard InChI is InChI=1S/C20H21NO4/c22-19(21-12-6-9-16(13-21)20(23)24)14-25-18-11-5-4-10-17(18)15-7-2-1-3-8-15/h1-5,7-8,10-11,16H,6,9,12-14H2,(H,23,24). The number of carboxylic acid groups (broad SMARTS) is 1. The summed E-state index contributed by atoms with van der Waals surface area (Å²) in [7, 11) is 0. The molecule has 5 heteroatoms. The SMILES string of the molecule is O=C(O)C1CCCN(C(=O)COc2ccccc2-c2ccccc2)C1. The van der Waals surface area contributed by atoms with Gasteiger partial charge in [0.2, 0.25) is 0 Å². The van der Waals surface area contributed by atoms with E-state index in [2.05, 4.69) is 0 Å². The fraction of sp³-hybridized carbons (Fsp3) is 0.300. The molecule has 25 heavy (non-hydrogen) atoms. The van der Waals surface area contributed by atoms with Crippen molar-refractivity contribution in [2.45, 2.75) is 12.8 Å². The molecule has 0 bridgehead atoms. The van der Waals surface area contributed by atoms with Crippen LogP contribution in [0.5, 0.6) is 5.75 Å². The van der Waals surface area contributed by atoms with Gasteiger partial charge < -0.3 is 14.7 Å². The molecule has 1 unspecified atom stereocenters. The Morgan fingerprint density at radius 1 is 1.08 bits per heavy atom. The average molecular weight is 339 g/mol. The minimum Gasteiger partial charge on any atom is -0.483 e. The Kier molecular flexibility index (Phi) is 5.33. The number of nitrogens with zero attached hydrogens (tertiary/aromatic N) is 1. The molecule has 0 spiro atoms. The van der Waals surface area contributed by atoms with E-state index in [0.717, 1.165) is 11.1 Å². The number of carboxylic acids is 1. The number of piperidine rings is 1. The fourth-order valence-electron chi connectivity index (χ4n) is 3.08. The van der Waals surface area contributed by atoms with Crippen molar-refractivity contribution >= 4 is 11.9 Å². The highest BCUT2D eigenvalue weighted by atomic mass is 16.5. The predicted octanol–water partition coefficient (Wildman–Crippen LogP) is 3.06. The molecule has 5 nitrogen and oxygen atoms in total. The van der Waals surface area contributed by atoms with Gasteiger partial charge in [0.1, 0.15) is 5.75 Å². The first-order chi connectivity index (χ1) is 12.1. The molecule has 1 amide bonds. The summed E-state index contributed by atoms with van der Waals surface area (Å²) in [6, 6.07) is 17.4. The van der Waals surface area contributed by atoms with Crippen LogP contribution in [-0.4, -0.2) is 41.6 Å². The van der Waals surface area contributed by atoms with Gasteiger partial charge in [0.05, 0.1) is 5.92 Å². The minimum atomic E-state index is -0.840. The predicted molar refractivity (Wildman–Crippen MR) is 94.3 cm³/mol. The van der Waals surface area contributed by atoms with E-state index in [0.29, 0.717) is 25.1 Å². The molecule has 1 aliphatic heterocycles. The van der Waals surface area contributed by atoms with Crippen LogP contribution < -0.4 is 4.74 Å². The first kappa shape index (κ1) is 17.0. The van der Waals surface area contributed by atoms with Gasteiger partial charge in [-0.2, -0.15) is 0 Å². The van der Waals surface area contributed by atoms with Crippen molar-refractivity contribution in [2.75, 3.05) is 19.7 Å². The van der Waals surface area contributed by atoms with Crippen molar-refractivity contribution in [3.63, 3.8) is 0 Å². The molecule has 1 fully saturated rings. The summed E-state index contributed by atoms with van der Waals surface area (Å²) in [5, 5.41) is 9.14. The van der Waals surface area contributed by atoms with Crippen molar-refractivity contribution in [3.05, 3.63) is 54.6 Å². The van der Waals surface area contributed by atoms with Crippen molar-refractivity contribution in [2.24, 2.45) is 5.92 Å². The molecule has 1 heterocycles. The van der Waals surface area contributed by atoms with Gasteiger partial charge >= 0.3 is 5.97 Å². The molecule has 130 valence electrons. The lowest BCUT2D eigenvalue weighted by Crippen LogP contribution is -2.44. The van der Waals surface area contributed by atoms with Crippen LogP contribution in [0.2, 0.25) is 0 Å². The molecule has 0 saturated carbocycles. The average Bonchev–Trinajstić information content (AvgIpc) is 2.67. The zero-order chi connectivity index (χ0) is 17.6. The van der Waals surface area contributed by atoms with Crippen LogP contribution in [0.1, 0.15) is 12.8 Å². The normalized spacial score (nSPS) is 17.1. The van der Waals surface area contributed by atoms with Crippen LogP contribution in [0.3, 0.4) is 0 Å². The second-order valence-corrected chi connectivity index (χ2v) is 6.17. The summed E-state index contributed by atoms with van der Waals surface area (Å²) in [5.74, 6) is -0.843. The molecule has 2 aromatic rings.